The number of nitrogens with one attached hydrogen (secondary N) is 1. The molecule has 2 fully saturated rings. The van der Waals surface area contributed by atoms with Crippen molar-refractivity contribution in [1.82, 2.24) is 4.90 Å². The first-order valence-corrected chi connectivity index (χ1v) is 10.7. The molecule has 1 aromatic carbocycles. The molecule has 1 aromatic rings. The lowest BCUT2D eigenvalue weighted by atomic mass is 9.85. The highest BCUT2D eigenvalue weighted by Gasteiger charge is 2.46. The Morgan fingerprint density at radius 3 is 2.17 bits per heavy atom. The predicted molar refractivity (Wildman–Crippen MR) is 112 cm³/mol. The summed E-state index contributed by atoms with van der Waals surface area (Å²) in [6.07, 6.45) is 7.73. The van der Waals surface area contributed by atoms with Crippen LogP contribution in [0.5, 0.6) is 0 Å². The summed E-state index contributed by atoms with van der Waals surface area (Å²) in [4.78, 5) is 40.9. The molecule has 6 heteroatoms. The van der Waals surface area contributed by atoms with E-state index in [0.29, 0.717) is 12.8 Å². The summed E-state index contributed by atoms with van der Waals surface area (Å²) in [6, 6.07) is 7.91. The molecule has 4 rings (SSSR count). The van der Waals surface area contributed by atoms with Crippen molar-refractivity contribution in [2.24, 2.45) is 17.8 Å². The second-order valence-electron chi connectivity index (χ2n) is 8.50. The third-order valence-electron chi connectivity index (χ3n) is 6.46. The molecular weight excluding hydrogens is 366 g/mol. The first-order valence-electron chi connectivity index (χ1n) is 10.7. The minimum Gasteiger partial charge on any atom is -0.372 e. The van der Waals surface area contributed by atoms with E-state index in [9.17, 15) is 14.4 Å². The average molecular weight is 396 g/mol. The predicted octanol–water partition coefficient (Wildman–Crippen LogP) is 3.20. The lowest BCUT2D eigenvalue weighted by molar-refractivity contribution is -0.140. The highest BCUT2D eigenvalue weighted by Crippen LogP contribution is 2.35. The van der Waals surface area contributed by atoms with Crippen molar-refractivity contribution in [2.75, 3.05) is 29.9 Å². The Hall–Kier alpha value is -2.63. The van der Waals surface area contributed by atoms with Gasteiger partial charge in [-0.1, -0.05) is 19.1 Å². The number of anilines is 2. The molecule has 0 spiro atoms. The number of likely N-dealkylation sites (tertiary alicyclic amines) is 1. The zero-order chi connectivity index (χ0) is 20.4. The van der Waals surface area contributed by atoms with Crippen molar-refractivity contribution < 1.29 is 14.4 Å². The van der Waals surface area contributed by atoms with Gasteiger partial charge in [0.25, 0.3) is 0 Å². The maximum Gasteiger partial charge on any atom is 0.233 e. The number of amides is 3. The number of fused-ring (bicyclic) bond motifs is 1. The zero-order valence-electron chi connectivity index (χ0n) is 17.0. The van der Waals surface area contributed by atoms with E-state index in [4.69, 9.17) is 0 Å². The summed E-state index contributed by atoms with van der Waals surface area (Å²) in [7, 11) is 0. The lowest BCUT2D eigenvalue weighted by Gasteiger charge is -2.32. The van der Waals surface area contributed by atoms with Crippen LogP contribution < -0.4 is 10.2 Å². The van der Waals surface area contributed by atoms with Crippen LogP contribution in [0.4, 0.5) is 11.4 Å². The fourth-order valence-corrected chi connectivity index (χ4v) is 4.55. The number of imide groups is 1. The zero-order valence-corrected chi connectivity index (χ0v) is 17.0. The van der Waals surface area contributed by atoms with Gasteiger partial charge in [-0.25, -0.2) is 0 Å². The van der Waals surface area contributed by atoms with Crippen molar-refractivity contribution >= 4 is 29.1 Å². The van der Waals surface area contributed by atoms with Gasteiger partial charge in [-0.15, -0.1) is 0 Å². The van der Waals surface area contributed by atoms with Gasteiger partial charge in [-0.2, -0.15) is 0 Å². The Labute approximate surface area is 171 Å². The molecule has 0 saturated carbocycles. The number of carbonyl (C=O) groups excluding carboxylic acids is 3. The van der Waals surface area contributed by atoms with E-state index in [2.05, 4.69) is 17.1 Å². The number of piperidine rings is 1. The molecule has 0 bridgehead atoms. The highest BCUT2D eigenvalue weighted by molar-refractivity contribution is 6.05. The average Bonchev–Trinajstić information content (AvgIpc) is 2.98. The van der Waals surface area contributed by atoms with Crippen LogP contribution in [0, 0.1) is 17.8 Å². The molecule has 154 valence electrons. The van der Waals surface area contributed by atoms with E-state index >= 15 is 0 Å². The maximum absolute atomic E-state index is 12.5. The van der Waals surface area contributed by atoms with Gasteiger partial charge in [0.05, 0.1) is 11.8 Å². The van der Waals surface area contributed by atoms with Crippen LogP contribution >= 0.6 is 0 Å². The number of hydrogen-bond acceptors (Lipinski definition) is 4. The Morgan fingerprint density at radius 2 is 1.59 bits per heavy atom. The molecule has 0 radical (unpaired) electrons. The molecule has 2 saturated heterocycles. The summed E-state index contributed by atoms with van der Waals surface area (Å²) in [5.41, 5.74) is 1.92. The number of rotatable bonds is 5. The topological polar surface area (TPSA) is 69.7 Å². The van der Waals surface area contributed by atoms with Crippen LogP contribution in [-0.4, -0.2) is 42.3 Å². The molecule has 2 aliphatic heterocycles. The molecule has 6 nitrogen and oxygen atoms in total. The van der Waals surface area contributed by atoms with Gasteiger partial charge in [0.2, 0.25) is 17.7 Å². The van der Waals surface area contributed by atoms with Gasteiger partial charge in [0.15, 0.2) is 0 Å². The Kier molecular flexibility index (Phi) is 5.69. The lowest BCUT2D eigenvalue weighted by Crippen LogP contribution is -2.34. The van der Waals surface area contributed by atoms with E-state index < -0.39 is 0 Å². The van der Waals surface area contributed by atoms with Crippen LogP contribution in [0.1, 0.15) is 39.0 Å². The van der Waals surface area contributed by atoms with E-state index in [-0.39, 0.29) is 42.5 Å². The molecular formula is C23H29N3O3. The van der Waals surface area contributed by atoms with Gasteiger partial charge < -0.3 is 10.2 Å². The molecule has 2 atom stereocenters. The fraction of sp³-hybridized carbons (Fsp3) is 0.522. The van der Waals surface area contributed by atoms with E-state index in [1.807, 2.05) is 36.4 Å². The van der Waals surface area contributed by atoms with Crippen LogP contribution in [0.15, 0.2) is 36.4 Å². The highest BCUT2D eigenvalue weighted by atomic mass is 16.2. The maximum atomic E-state index is 12.5. The second kappa shape index (κ2) is 8.39. The monoisotopic (exact) mass is 395 g/mol. The minimum atomic E-state index is -0.235. The molecule has 0 unspecified atom stereocenters. The SMILES string of the molecule is CC1CCN(c2ccc(NC(=O)CCN3C(=O)[C@H]4CC=CC[C@@H]4C3=O)cc2)CC1. The van der Waals surface area contributed by atoms with Crippen molar-refractivity contribution in [3.05, 3.63) is 36.4 Å². The summed E-state index contributed by atoms with van der Waals surface area (Å²) in [5.74, 6) is -0.117. The first kappa shape index (κ1) is 19.7. The molecule has 2 heterocycles. The Bertz CT molecular complexity index is 783. The largest absolute Gasteiger partial charge is 0.372 e. The third kappa shape index (κ3) is 4.21. The summed E-state index contributed by atoms with van der Waals surface area (Å²) < 4.78 is 0. The normalized spacial score (nSPS) is 24.7. The first-order chi connectivity index (χ1) is 14.0. The molecule has 0 aromatic heterocycles. The summed E-state index contributed by atoms with van der Waals surface area (Å²) >= 11 is 0. The van der Waals surface area contributed by atoms with Crippen molar-refractivity contribution in [3.8, 4) is 0 Å². The second-order valence-corrected chi connectivity index (χ2v) is 8.50. The van der Waals surface area contributed by atoms with Crippen LogP contribution in [0.3, 0.4) is 0 Å². The fourth-order valence-electron chi connectivity index (χ4n) is 4.55. The van der Waals surface area contributed by atoms with Crippen LogP contribution in [0.2, 0.25) is 0 Å². The van der Waals surface area contributed by atoms with Gasteiger partial charge >= 0.3 is 0 Å². The number of nitrogens with zero attached hydrogens (tertiary/aromatic N) is 2. The molecule has 1 aliphatic carbocycles. The Balaban J connectivity index is 1.28. The van der Waals surface area contributed by atoms with Crippen LogP contribution in [0.25, 0.3) is 0 Å². The van der Waals surface area contributed by atoms with Gasteiger partial charge in [0.1, 0.15) is 0 Å². The van der Waals surface area contributed by atoms with Crippen molar-refractivity contribution in [1.29, 1.82) is 0 Å². The van der Waals surface area contributed by atoms with E-state index in [1.54, 1.807) is 0 Å². The summed E-state index contributed by atoms with van der Waals surface area (Å²) in [5, 5.41) is 2.88. The third-order valence-corrected chi connectivity index (χ3v) is 6.46. The number of carbonyl (C=O) groups is 3. The smallest absolute Gasteiger partial charge is 0.233 e. The number of benzene rings is 1. The molecule has 3 amide bonds. The Morgan fingerprint density at radius 1 is 1.00 bits per heavy atom. The van der Waals surface area contributed by atoms with Crippen molar-refractivity contribution in [2.45, 2.75) is 39.0 Å². The van der Waals surface area contributed by atoms with Crippen LogP contribution in [-0.2, 0) is 14.4 Å². The standard InChI is InChI=1S/C23H29N3O3/c1-16-10-13-25(14-11-16)18-8-6-17(7-9-18)24-21(27)12-15-26-22(28)19-4-2-3-5-20(19)23(26)29/h2-3,6-9,16,19-20H,4-5,10-15H2,1H3,(H,24,27)/t19-,20-/m0/s1. The quantitative estimate of drug-likeness (QED) is 0.614. The molecule has 29 heavy (non-hydrogen) atoms. The molecule has 3 aliphatic rings. The number of allylic oxidation sites excluding steroid dienone is 2. The minimum absolute atomic E-state index is 0.121. The van der Waals surface area contributed by atoms with Gasteiger partial charge in [-0.05, 0) is 55.9 Å². The molecule has 1 N–H and O–H groups in total. The van der Waals surface area contributed by atoms with Gasteiger partial charge in [-0.3, -0.25) is 19.3 Å². The van der Waals surface area contributed by atoms with Crippen molar-refractivity contribution in [3.63, 3.8) is 0 Å². The summed E-state index contributed by atoms with van der Waals surface area (Å²) in [6.45, 7) is 4.59. The van der Waals surface area contributed by atoms with E-state index in [1.165, 1.54) is 23.4 Å². The number of hydrogen-bond donors (Lipinski definition) is 1. The van der Waals surface area contributed by atoms with E-state index in [0.717, 1.165) is 24.7 Å². The van der Waals surface area contributed by atoms with Gasteiger partial charge in [0, 0.05) is 37.4 Å².